The quantitative estimate of drug-likeness (QED) is 0.849. The molecule has 112 valence electrons. The number of aliphatic carboxylic acids is 1. The maximum atomic E-state index is 12.3. The van der Waals surface area contributed by atoms with Gasteiger partial charge in [-0.2, -0.15) is 0 Å². The molecule has 1 aliphatic rings. The first-order valence-electron chi connectivity index (χ1n) is 6.69. The molecule has 1 saturated heterocycles. The van der Waals surface area contributed by atoms with Crippen LogP contribution in [0.15, 0.2) is 30.3 Å². The molecule has 1 heterocycles. The first-order chi connectivity index (χ1) is 9.84. The SMILES string of the molecule is CN1CC(C(=O)NC(C)(C(=O)O)c2ccccc2)CC1=O. The van der Waals surface area contributed by atoms with Crippen LogP contribution in [0.4, 0.5) is 0 Å². The summed E-state index contributed by atoms with van der Waals surface area (Å²) in [7, 11) is 1.63. The van der Waals surface area contributed by atoms with Crippen LogP contribution >= 0.6 is 0 Å². The molecule has 6 heteroatoms. The number of nitrogens with zero attached hydrogens (tertiary/aromatic N) is 1. The number of amides is 2. The van der Waals surface area contributed by atoms with E-state index in [1.165, 1.54) is 11.8 Å². The third-order valence-electron chi connectivity index (χ3n) is 3.86. The van der Waals surface area contributed by atoms with Crippen LogP contribution in [0.2, 0.25) is 0 Å². The highest BCUT2D eigenvalue weighted by Crippen LogP contribution is 2.23. The molecule has 6 nitrogen and oxygen atoms in total. The van der Waals surface area contributed by atoms with Gasteiger partial charge in [0.1, 0.15) is 0 Å². The fourth-order valence-electron chi connectivity index (χ4n) is 2.41. The number of hydrogen-bond acceptors (Lipinski definition) is 3. The number of carboxylic acid groups (broad SMARTS) is 1. The van der Waals surface area contributed by atoms with Gasteiger partial charge in [-0.15, -0.1) is 0 Å². The van der Waals surface area contributed by atoms with Gasteiger partial charge >= 0.3 is 5.97 Å². The lowest BCUT2D eigenvalue weighted by Crippen LogP contribution is -2.51. The van der Waals surface area contributed by atoms with Crippen molar-refractivity contribution in [1.29, 1.82) is 0 Å². The highest BCUT2D eigenvalue weighted by atomic mass is 16.4. The molecule has 2 rings (SSSR count). The minimum atomic E-state index is -1.51. The second-order valence-electron chi connectivity index (χ2n) is 5.46. The van der Waals surface area contributed by atoms with Crippen LogP contribution in [0.5, 0.6) is 0 Å². The van der Waals surface area contributed by atoms with Crippen LogP contribution < -0.4 is 5.32 Å². The maximum Gasteiger partial charge on any atom is 0.333 e. The van der Waals surface area contributed by atoms with E-state index >= 15 is 0 Å². The second-order valence-corrected chi connectivity index (χ2v) is 5.46. The van der Waals surface area contributed by atoms with Gasteiger partial charge in [-0.25, -0.2) is 4.79 Å². The molecule has 2 atom stereocenters. The molecule has 1 aromatic rings. The molecule has 0 radical (unpaired) electrons. The van der Waals surface area contributed by atoms with E-state index in [1.807, 2.05) is 0 Å². The van der Waals surface area contributed by atoms with Crippen LogP contribution in [0.25, 0.3) is 0 Å². The van der Waals surface area contributed by atoms with Crippen molar-refractivity contribution in [2.24, 2.45) is 5.92 Å². The summed E-state index contributed by atoms with van der Waals surface area (Å²) in [6.07, 6.45) is 0.118. The molecule has 2 amide bonds. The zero-order valence-electron chi connectivity index (χ0n) is 12.0. The maximum absolute atomic E-state index is 12.3. The fraction of sp³-hybridized carbons (Fsp3) is 0.400. The molecule has 21 heavy (non-hydrogen) atoms. The largest absolute Gasteiger partial charge is 0.479 e. The van der Waals surface area contributed by atoms with E-state index in [4.69, 9.17) is 0 Å². The predicted octanol–water partition coefficient (Wildman–Crippen LogP) is 0.581. The third kappa shape index (κ3) is 2.89. The number of hydrogen-bond donors (Lipinski definition) is 2. The van der Waals surface area contributed by atoms with Crippen LogP contribution in [-0.2, 0) is 19.9 Å². The summed E-state index contributed by atoms with van der Waals surface area (Å²) in [4.78, 5) is 36.9. The molecular formula is C15H18N2O4. The molecule has 1 aliphatic heterocycles. The Kier molecular flexibility index (Phi) is 3.97. The van der Waals surface area contributed by atoms with Gasteiger partial charge in [-0.3, -0.25) is 9.59 Å². The minimum absolute atomic E-state index is 0.105. The molecule has 0 spiro atoms. The summed E-state index contributed by atoms with van der Waals surface area (Å²) < 4.78 is 0. The normalized spacial score (nSPS) is 21.0. The molecule has 0 aromatic heterocycles. The Morgan fingerprint density at radius 1 is 1.33 bits per heavy atom. The zero-order valence-corrected chi connectivity index (χ0v) is 12.0. The molecule has 0 aliphatic carbocycles. The second kappa shape index (κ2) is 5.55. The van der Waals surface area contributed by atoms with Gasteiger partial charge in [0.15, 0.2) is 5.54 Å². The lowest BCUT2D eigenvalue weighted by molar-refractivity contribution is -0.148. The Morgan fingerprint density at radius 2 is 1.95 bits per heavy atom. The van der Waals surface area contributed by atoms with E-state index < -0.39 is 23.3 Å². The summed E-state index contributed by atoms with van der Waals surface area (Å²) in [6, 6.07) is 8.52. The smallest absolute Gasteiger partial charge is 0.333 e. The number of nitrogens with one attached hydrogen (secondary N) is 1. The van der Waals surface area contributed by atoms with Gasteiger partial charge in [0, 0.05) is 20.0 Å². The summed E-state index contributed by atoms with van der Waals surface area (Å²) in [5, 5.41) is 12.1. The van der Waals surface area contributed by atoms with Crippen molar-refractivity contribution < 1.29 is 19.5 Å². The third-order valence-corrected chi connectivity index (χ3v) is 3.86. The first kappa shape index (κ1) is 15.0. The number of benzene rings is 1. The highest BCUT2D eigenvalue weighted by Gasteiger charge is 2.40. The van der Waals surface area contributed by atoms with Crippen molar-refractivity contribution in [3.63, 3.8) is 0 Å². The van der Waals surface area contributed by atoms with Crippen LogP contribution in [0, 0.1) is 5.92 Å². The number of carboxylic acids is 1. The topological polar surface area (TPSA) is 86.7 Å². The van der Waals surface area contributed by atoms with Crippen molar-refractivity contribution in [3.8, 4) is 0 Å². The predicted molar refractivity (Wildman–Crippen MR) is 75.3 cm³/mol. The summed E-state index contributed by atoms with van der Waals surface area (Å²) in [5.41, 5.74) is -1.02. The Bertz CT molecular complexity index is 572. The van der Waals surface area contributed by atoms with Gasteiger partial charge in [0.2, 0.25) is 11.8 Å². The van der Waals surface area contributed by atoms with Crippen LogP contribution in [0.1, 0.15) is 18.9 Å². The van der Waals surface area contributed by atoms with Crippen molar-refractivity contribution in [2.45, 2.75) is 18.9 Å². The Balaban J connectivity index is 2.20. The standard InChI is InChI=1S/C15H18N2O4/c1-15(14(20)21,11-6-4-3-5-7-11)16-13(19)10-8-12(18)17(2)9-10/h3-7,10H,8-9H2,1-2H3,(H,16,19)(H,20,21). The van der Waals surface area contributed by atoms with Gasteiger partial charge in [0.05, 0.1) is 5.92 Å². The average Bonchev–Trinajstić information content (AvgIpc) is 2.79. The fourth-order valence-corrected chi connectivity index (χ4v) is 2.41. The van der Waals surface area contributed by atoms with Crippen molar-refractivity contribution in [2.75, 3.05) is 13.6 Å². The van der Waals surface area contributed by atoms with Crippen molar-refractivity contribution in [3.05, 3.63) is 35.9 Å². The average molecular weight is 290 g/mol. The van der Waals surface area contributed by atoms with Crippen molar-refractivity contribution >= 4 is 17.8 Å². The lowest BCUT2D eigenvalue weighted by Gasteiger charge is -2.28. The molecule has 0 bridgehead atoms. The van der Waals surface area contributed by atoms with Crippen LogP contribution in [-0.4, -0.2) is 41.4 Å². The number of carbonyl (C=O) groups excluding carboxylic acids is 2. The Morgan fingerprint density at radius 3 is 2.43 bits per heavy atom. The van der Waals surface area contributed by atoms with E-state index in [0.29, 0.717) is 12.1 Å². The number of likely N-dealkylation sites (tertiary alicyclic amines) is 1. The number of carbonyl (C=O) groups is 3. The van der Waals surface area contributed by atoms with Crippen LogP contribution in [0.3, 0.4) is 0 Å². The zero-order chi connectivity index (χ0) is 15.6. The molecular weight excluding hydrogens is 272 g/mol. The van der Waals surface area contributed by atoms with E-state index in [2.05, 4.69) is 5.32 Å². The lowest BCUT2D eigenvalue weighted by atomic mass is 9.91. The Labute approximate surface area is 122 Å². The van der Waals surface area contributed by atoms with Gasteiger partial charge in [-0.05, 0) is 12.5 Å². The highest BCUT2D eigenvalue weighted by molar-refractivity contribution is 5.93. The summed E-state index contributed by atoms with van der Waals surface area (Å²) in [5.74, 6) is -2.17. The molecule has 0 saturated carbocycles. The minimum Gasteiger partial charge on any atom is -0.479 e. The van der Waals surface area contributed by atoms with E-state index in [-0.39, 0.29) is 12.3 Å². The van der Waals surface area contributed by atoms with Gasteiger partial charge in [0.25, 0.3) is 0 Å². The summed E-state index contributed by atoms with van der Waals surface area (Å²) >= 11 is 0. The first-order valence-corrected chi connectivity index (χ1v) is 6.69. The summed E-state index contributed by atoms with van der Waals surface area (Å²) in [6.45, 7) is 1.76. The van der Waals surface area contributed by atoms with E-state index in [9.17, 15) is 19.5 Å². The molecule has 1 fully saturated rings. The Hall–Kier alpha value is -2.37. The van der Waals surface area contributed by atoms with Crippen molar-refractivity contribution in [1.82, 2.24) is 10.2 Å². The monoisotopic (exact) mass is 290 g/mol. The number of rotatable bonds is 4. The molecule has 2 N–H and O–H groups in total. The molecule has 1 aromatic carbocycles. The van der Waals surface area contributed by atoms with E-state index in [1.54, 1.807) is 37.4 Å². The van der Waals surface area contributed by atoms with E-state index in [0.717, 1.165) is 0 Å². The van der Waals surface area contributed by atoms with Gasteiger partial charge in [-0.1, -0.05) is 30.3 Å². The molecule has 2 unspecified atom stereocenters. The van der Waals surface area contributed by atoms with Gasteiger partial charge < -0.3 is 15.3 Å².